The van der Waals surface area contributed by atoms with E-state index in [0.29, 0.717) is 51.6 Å². The van der Waals surface area contributed by atoms with Crippen LogP contribution in [0.2, 0.25) is 5.02 Å². The van der Waals surface area contributed by atoms with Crippen molar-refractivity contribution in [3.63, 3.8) is 0 Å². The Morgan fingerprint density at radius 2 is 1.79 bits per heavy atom. The molecule has 0 unspecified atom stereocenters. The zero-order chi connectivity index (χ0) is 33.6. The summed E-state index contributed by atoms with van der Waals surface area (Å²) in [5.41, 5.74) is 2.62. The lowest BCUT2D eigenvalue weighted by Crippen LogP contribution is -2.53. The first-order valence-corrected chi connectivity index (χ1v) is 15.7. The number of anilines is 1. The van der Waals surface area contributed by atoms with E-state index in [4.69, 9.17) is 16.3 Å². The van der Waals surface area contributed by atoms with Crippen LogP contribution in [0.4, 0.5) is 10.5 Å². The highest BCUT2D eigenvalue weighted by molar-refractivity contribution is 6.31. The van der Waals surface area contributed by atoms with Gasteiger partial charge in [-0.3, -0.25) is 14.7 Å². The molecule has 2 atom stereocenters. The minimum atomic E-state index is -1.02. The van der Waals surface area contributed by atoms with Crippen molar-refractivity contribution in [2.75, 3.05) is 11.9 Å². The van der Waals surface area contributed by atoms with Gasteiger partial charge in [0, 0.05) is 34.6 Å². The molecule has 1 aromatic heterocycles. The van der Waals surface area contributed by atoms with Crippen LogP contribution in [0.15, 0.2) is 79.0 Å². The van der Waals surface area contributed by atoms with Crippen LogP contribution in [-0.4, -0.2) is 56.3 Å². The molecule has 47 heavy (non-hydrogen) atoms. The van der Waals surface area contributed by atoms with Gasteiger partial charge in [0.05, 0.1) is 5.56 Å². The second-order valence-corrected chi connectivity index (χ2v) is 12.6. The number of carbonyl (C=O) groups excluding carboxylic acids is 3. The van der Waals surface area contributed by atoms with Gasteiger partial charge in [0.1, 0.15) is 29.1 Å². The molecule has 0 bridgehead atoms. The van der Waals surface area contributed by atoms with E-state index in [0.717, 1.165) is 12.8 Å². The molecule has 11 heteroatoms. The fourth-order valence-corrected chi connectivity index (χ4v) is 5.45. The summed E-state index contributed by atoms with van der Waals surface area (Å²) >= 11 is 6.10. The van der Waals surface area contributed by atoms with Gasteiger partial charge in [-0.05, 0) is 88.1 Å². The minimum absolute atomic E-state index is 0.0396. The van der Waals surface area contributed by atoms with Crippen LogP contribution in [0.5, 0.6) is 5.75 Å². The minimum Gasteiger partial charge on any atom is -0.507 e. The Morgan fingerprint density at radius 1 is 1.04 bits per heavy atom. The molecule has 5 rings (SSSR count). The number of aromatic hydroxyl groups is 1. The summed E-state index contributed by atoms with van der Waals surface area (Å²) in [6.07, 6.45) is 2.94. The summed E-state index contributed by atoms with van der Waals surface area (Å²) in [6, 6.07) is 19.0. The van der Waals surface area contributed by atoms with E-state index in [9.17, 15) is 19.5 Å². The molecule has 3 aromatic carbocycles. The van der Waals surface area contributed by atoms with Gasteiger partial charge in [0.2, 0.25) is 5.91 Å². The van der Waals surface area contributed by atoms with Crippen molar-refractivity contribution in [1.29, 1.82) is 0 Å². The van der Waals surface area contributed by atoms with Gasteiger partial charge in [-0.1, -0.05) is 53.8 Å². The van der Waals surface area contributed by atoms with Crippen molar-refractivity contribution in [2.45, 2.75) is 57.7 Å². The van der Waals surface area contributed by atoms with Crippen molar-refractivity contribution in [2.24, 2.45) is 0 Å². The number of ether oxygens (including phenoxy) is 1. The maximum atomic E-state index is 14.0. The van der Waals surface area contributed by atoms with Crippen LogP contribution in [0.25, 0.3) is 11.3 Å². The molecule has 4 N–H and O–H groups in total. The Morgan fingerprint density at radius 3 is 2.51 bits per heavy atom. The number of carbonyl (C=O) groups is 3. The lowest BCUT2D eigenvalue weighted by Gasteiger charge is -2.37. The number of phenols is 1. The molecule has 1 aliphatic heterocycles. The second-order valence-electron chi connectivity index (χ2n) is 12.2. The molecule has 3 amide bonds. The summed E-state index contributed by atoms with van der Waals surface area (Å²) in [6.45, 7) is 5.63. The second kappa shape index (κ2) is 14.4. The average Bonchev–Trinajstić information content (AvgIpc) is 3.52. The molecule has 0 radical (unpaired) electrons. The van der Waals surface area contributed by atoms with Gasteiger partial charge in [0.25, 0.3) is 5.91 Å². The number of piperidine rings is 1. The maximum Gasteiger partial charge on any atom is 0.408 e. The van der Waals surface area contributed by atoms with Gasteiger partial charge >= 0.3 is 6.09 Å². The highest BCUT2D eigenvalue weighted by Gasteiger charge is 2.37. The number of aromatic nitrogens is 2. The Labute approximate surface area is 278 Å². The smallest absolute Gasteiger partial charge is 0.408 e. The standard InChI is InChI=1S/C36H36ClN5O5/c1-36(2,3)47-35(46)40-32(24-9-5-4-6-10-24)34(45)42-20-8-7-11-29(42)33(44)39-27-17-13-23(14-18-27)12-15-25-22-38-41-31(25)28-21-26(37)16-19-30(28)43/h4-6,9-10,13-14,16-19,21-22,29,32,43H,7-8,11,20H2,1-3H3,(H,38,41)(H,39,44)(H,40,46)/t29-,32+/m0/s1. The number of hydrogen-bond donors (Lipinski definition) is 4. The number of rotatable bonds is 6. The monoisotopic (exact) mass is 653 g/mol. The zero-order valence-electron chi connectivity index (χ0n) is 26.3. The molecule has 0 aliphatic carbocycles. The number of halogens is 1. The predicted molar refractivity (Wildman–Crippen MR) is 180 cm³/mol. The first-order valence-electron chi connectivity index (χ1n) is 15.3. The Kier molecular flexibility index (Phi) is 10.2. The quantitative estimate of drug-likeness (QED) is 0.177. The molecule has 2 heterocycles. The number of benzene rings is 3. The molecule has 0 saturated carbocycles. The number of likely N-dealkylation sites (tertiary alicyclic amines) is 1. The van der Waals surface area contributed by atoms with Gasteiger partial charge in [-0.2, -0.15) is 5.10 Å². The highest BCUT2D eigenvalue weighted by Crippen LogP contribution is 2.32. The van der Waals surface area contributed by atoms with E-state index >= 15 is 0 Å². The Bertz CT molecular complexity index is 1810. The topological polar surface area (TPSA) is 137 Å². The third-order valence-electron chi connectivity index (χ3n) is 7.48. The van der Waals surface area contributed by atoms with Crippen LogP contribution in [0.3, 0.4) is 0 Å². The first-order chi connectivity index (χ1) is 22.5. The summed E-state index contributed by atoms with van der Waals surface area (Å²) in [4.78, 5) is 41.8. The molecular formula is C36H36ClN5O5. The summed E-state index contributed by atoms with van der Waals surface area (Å²) in [5.74, 6) is 5.49. The van der Waals surface area contributed by atoms with E-state index < -0.39 is 23.8 Å². The SMILES string of the molecule is CC(C)(C)OC(=O)N[C@@H](C(=O)N1CCCC[C@H]1C(=O)Nc1ccc(C#Cc2c[nH]nc2-c2cc(Cl)ccc2O)cc1)c1ccccc1. The number of nitrogens with one attached hydrogen (secondary N) is 3. The van der Waals surface area contributed by atoms with Crippen LogP contribution >= 0.6 is 11.6 Å². The molecule has 0 spiro atoms. The molecular weight excluding hydrogens is 618 g/mol. The van der Waals surface area contributed by atoms with E-state index in [2.05, 4.69) is 32.7 Å². The molecule has 1 saturated heterocycles. The summed E-state index contributed by atoms with van der Waals surface area (Å²) < 4.78 is 5.43. The third-order valence-corrected chi connectivity index (χ3v) is 7.71. The molecule has 242 valence electrons. The molecule has 4 aromatic rings. The normalized spacial score (nSPS) is 15.1. The summed E-state index contributed by atoms with van der Waals surface area (Å²) in [5, 5.41) is 23.4. The Hall–Kier alpha value is -5.27. The van der Waals surface area contributed by atoms with Crippen molar-refractivity contribution in [3.05, 3.63) is 101 Å². The van der Waals surface area contributed by atoms with Crippen LogP contribution in [-0.2, 0) is 14.3 Å². The summed E-state index contributed by atoms with van der Waals surface area (Å²) in [7, 11) is 0. The fourth-order valence-electron chi connectivity index (χ4n) is 5.28. The molecule has 10 nitrogen and oxygen atoms in total. The van der Waals surface area contributed by atoms with E-state index in [-0.39, 0.29) is 17.6 Å². The van der Waals surface area contributed by atoms with Crippen LogP contribution in [0.1, 0.15) is 62.8 Å². The zero-order valence-corrected chi connectivity index (χ0v) is 27.1. The number of amides is 3. The van der Waals surface area contributed by atoms with Gasteiger partial charge in [-0.25, -0.2) is 4.79 Å². The van der Waals surface area contributed by atoms with Crippen molar-refractivity contribution in [3.8, 4) is 28.8 Å². The van der Waals surface area contributed by atoms with Gasteiger partial charge in [0.15, 0.2) is 0 Å². The van der Waals surface area contributed by atoms with Crippen LogP contribution in [0, 0.1) is 11.8 Å². The number of aromatic amines is 1. The first kappa shape index (κ1) is 33.1. The number of H-pyrrole nitrogens is 1. The predicted octanol–water partition coefficient (Wildman–Crippen LogP) is 6.42. The average molecular weight is 654 g/mol. The number of phenolic OH excluding ortho intramolecular Hbond substituents is 1. The van der Waals surface area contributed by atoms with E-state index in [1.807, 2.05) is 6.07 Å². The lowest BCUT2D eigenvalue weighted by molar-refractivity contribution is -0.142. The van der Waals surface area contributed by atoms with E-state index in [1.54, 1.807) is 92.5 Å². The third kappa shape index (κ3) is 8.51. The Balaban J connectivity index is 1.29. The lowest BCUT2D eigenvalue weighted by atomic mass is 9.98. The van der Waals surface area contributed by atoms with Gasteiger partial charge in [-0.15, -0.1) is 0 Å². The van der Waals surface area contributed by atoms with Crippen LogP contribution < -0.4 is 10.6 Å². The number of alkyl carbamates (subject to hydrolysis) is 1. The van der Waals surface area contributed by atoms with Gasteiger partial charge < -0.3 is 25.4 Å². The highest BCUT2D eigenvalue weighted by atomic mass is 35.5. The number of hydrogen-bond acceptors (Lipinski definition) is 6. The fraction of sp³-hybridized carbons (Fsp3) is 0.278. The molecule has 1 aliphatic rings. The number of nitrogens with zero attached hydrogens (tertiary/aromatic N) is 2. The van der Waals surface area contributed by atoms with E-state index in [1.165, 1.54) is 6.07 Å². The van der Waals surface area contributed by atoms with Crippen molar-refractivity contribution in [1.82, 2.24) is 20.4 Å². The largest absolute Gasteiger partial charge is 0.507 e. The maximum absolute atomic E-state index is 14.0. The molecule has 1 fully saturated rings. The van der Waals surface area contributed by atoms with Crippen molar-refractivity contribution >= 4 is 35.2 Å². The van der Waals surface area contributed by atoms with Crippen molar-refractivity contribution < 1.29 is 24.2 Å².